The summed E-state index contributed by atoms with van der Waals surface area (Å²) >= 11 is 0. The molecule has 0 saturated carbocycles. The van der Waals surface area contributed by atoms with E-state index in [0.29, 0.717) is 11.8 Å². The summed E-state index contributed by atoms with van der Waals surface area (Å²) in [5.74, 6) is -5.86. The van der Waals surface area contributed by atoms with Gasteiger partial charge in [0.05, 0.1) is 5.69 Å². The lowest BCUT2D eigenvalue weighted by Gasteiger charge is -2.15. The highest BCUT2D eigenvalue weighted by atomic mass is 19.2. The quantitative estimate of drug-likeness (QED) is 0.628. The average molecular weight is 367 g/mol. The third kappa shape index (κ3) is 4.75. The summed E-state index contributed by atoms with van der Waals surface area (Å²) in [6, 6.07) is 8.55. The minimum absolute atomic E-state index is 0.429. The third-order valence-corrected chi connectivity index (χ3v) is 3.41. The molecule has 1 amide bonds. The van der Waals surface area contributed by atoms with Crippen molar-refractivity contribution in [1.29, 1.82) is 0 Å². The molecule has 0 aromatic heterocycles. The molecule has 0 aliphatic heterocycles. The molecule has 0 heterocycles. The maximum Gasteiger partial charge on any atom is 0.344 e. The summed E-state index contributed by atoms with van der Waals surface area (Å²) < 4.78 is 49.7. The summed E-state index contributed by atoms with van der Waals surface area (Å²) in [5.41, 5.74) is 0.257. The Bertz CT molecular complexity index is 826. The smallest absolute Gasteiger partial charge is 0.344 e. The van der Waals surface area contributed by atoms with Gasteiger partial charge in [0.1, 0.15) is 5.75 Å². The van der Waals surface area contributed by atoms with Crippen molar-refractivity contribution < 1.29 is 32.2 Å². The number of amides is 1. The maximum absolute atomic E-state index is 13.5. The second-order valence-corrected chi connectivity index (χ2v) is 5.40. The van der Waals surface area contributed by atoms with Gasteiger partial charge in [0, 0.05) is 0 Å². The second kappa shape index (κ2) is 8.37. The molecule has 0 aliphatic rings. The largest absolute Gasteiger partial charge is 0.482 e. The van der Waals surface area contributed by atoms with Crippen molar-refractivity contribution in [3.63, 3.8) is 0 Å². The zero-order valence-corrected chi connectivity index (χ0v) is 14.0. The third-order valence-electron chi connectivity index (χ3n) is 3.41. The number of esters is 1. The molecule has 0 spiro atoms. The lowest BCUT2D eigenvalue weighted by molar-refractivity contribution is -0.155. The van der Waals surface area contributed by atoms with Crippen LogP contribution in [-0.4, -0.2) is 24.6 Å². The summed E-state index contributed by atoms with van der Waals surface area (Å²) in [7, 11) is 0. The van der Waals surface area contributed by atoms with Crippen LogP contribution in [-0.2, 0) is 14.3 Å². The van der Waals surface area contributed by atoms with Crippen LogP contribution in [0.5, 0.6) is 5.75 Å². The Balaban J connectivity index is 1.89. The molecule has 0 unspecified atom stereocenters. The van der Waals surface area contributed by atoms with E-state index in [9.17, 15) is 22.8 Å². The fourth-order valence-electron chi connectivity index (χ4n) is 2.00. The van der Waals surface area contributed by atoms with E-state index in [0.717, 1.165) is 11.6 Å². The minimum Gasteiger partial charge on any atom is -0.482 e. The molecular formula is C18H16F3NO4. The lowest BCUT2D eigenvalue weighted by Crippen LogP contribution is -2.32. The number of hydrogen-bond donors (Lipinski definition) is 1. The molecule has 26 heavy (non-hydrogen) atoms. The number of rotatable bonds is 6. The SMILES string of the molecule is Cc1ccccc1OCC(=O)O[C@@H](C)C(=O)Nc1ccc(F)c(F)c1F. The molecule has 2 aromatic rings. The fourth-order valence-corrected chi connectivity index (χ4v) is 2.00. The highest BCUT2D eigenvalue weighted by Gasteiger charge is 2.21. The Morgan fingerprint density at radius 2 is 1.77 bits per heavy atom. The van der Waals surface area contributed by atoms with E-state index in [1.807, 2.05) is 11.4 Å². The first-order chi connectivity index (χ1) is 12.3. The van der Waals surface area contributed by atoms with Gasteiger partial charge in [-0.2, -0.15) is 0 Å². The van der Waals surface area contributed by atoms with E-state index < -0.39 is 47.7 Å². The van der Waals surface area contributed by atoms with Crippen LogP contribution < -0.4 is 10.1 Å². The highest BCUT2D eigenvalue weighted by molar-refractivity contribution is 5.95. The molecule has 1 N–H and O–H groups in total. The molecule has 8 heteroatoms. The van der Waals surface area contributed by atoms with E-state index >= 15 is 0 Å². The predicted molar refractivity (Wildman–Crippen MR) is 87.2 cm³/mol. The minimum atomic E-state index is -1.71. The van der Waals surface area contributed by atoms with Gasteiger partial charge in [-0.3, -0.25) is 4.79 Å². The Morgan fingerprint density at radius 3 is 2.46 bits per heavy atom. The number of halogens is 3. The maximum atomic E-state index is 13.5. The van der Waals surface area contributed by atoms with E-state index in [1.165, 1.54) is 6.92 Å². The van der Waals surface area contributed by atoms with Crippen molar-refractivity contribution in [1.82, 2.24) is 0 Å². The van der Waals surface area contributed by atoms with Crippen molar-refractivity contribution in [3.05, 3.63) is 59.4 Å². The van der Waals surface area contributed by atoms with E-state index in [4.69, 9.17) is 9.47 Å². The Morgan fingerprint density at radius 1 is 1.08 bits per heavy atom. The zero-order valence-electron chi connectivity index (χ0n) is 14.0. The first-order valence-corrected chi connectivity index (χ1v) is 7.62. The van der Waals surface area contributed by atoms with Crippen LogP contribution in [0, 0.1) is 24.4 Å². The molecule has 2 rings (SSSR count). The van der Waals surface area contributed by atoms with Crippen LogP contribution >= 0.6 is 0 Å². The Kier molecular flexibility index (Phi) is 6.21. The first-order valence-electron chi connectivity index (χ1n) is 7.62. The van der Waals surface area contributed by atoms with Crippen molar-refractivity contribution in [2.24, 2.45) is 0 Å². The summed E-state index contributed by atoms with van der Waals surface area (Å²) in [4.78, 5) is 23.7. The number of ether oxygens (including phenoxy) is 2. The van der Waals surface area contributed by atoms with Gasteiger partial charge in [-0.15, -0.1) is 0 Å². The van der Waals surface area contributed by atoms with E-state index in [1.54, 1.807) is 25.1 Å². The van der Waals surface area contributed by atoms with Crippen LogP contribution in [0.15, 0.2) is 36.4 Å². The van der Waals surface area contributed by atoms with Crippen LogP contribution in [0.2, 0.25) is 0 Å². The summed E-state index contributed by atoms with van der Waals surface area (Å²) in [6.07, 6.45) is -1.30. The van der Waals surface area contributed by atoms with Gasteiger partial charge in [-0.1, -0.05) is 18.2 Å². The number of aryl methyl sites for hydroxylation is 1. The van der Waals surface area contributed by atoms with Gasteiger partial charge >= 0.3 is 5.97 Å². The molecule has 2 aromatic carbocycles. The molecule has 1 atom stereocenters. The first kappa shape index (κ1) is 19.3. The summed E-state index contributed by atoms with van der Waals surface area (Å²) in [5, 5.41) is 2.03. The number of carbonyl (C=O) groups is 2. The van der Waals surface area contributed by atoms with Crippen molar-refractivity contribution in [3.8, 4) is 5.75 Å². The van der Waals surface area contributed by atoms with Crippen molar-refractivity contribution in [2.45, 2.75) is 20.0 Å². The molecular weight excluding hydrogens is 351 g/mol. The lowest BCUT2D eigenvalue weighted by atomic mass is 10.2. The monoisotopic (exact) mass is 367 g/mol. The fraction of sp³-hybridized carbons (Fsp3) is 0.222. The zero-order chi connectivity index (χ0) is 19.3. The number of nitrogens with one attached hydrogen (secondary N) is 1. The molecule has 138 valence electrons. The standard InChI is InChI=1S/C18H16F3NO4/c1-10-5-3-4-6-14(10)25-9-15(23)26-11(2)18(24)22-13-8-7-12(19)16(20)17(13)21/h3-8,11H,9H2,1-2H3,(H,22,24)/t11-/m0/s1. The number of para-hydroxylation sites is 1. The van der Waals surface area contributed by atoms with Gasteiger partial charge in [0.2, 0.25) is 0 Å². The van der Waals surface area contributed by atoms with Crippen molar-refractivity contribution >= 4 is 17.6 Å². The van der Waals surface area contributed by atoms with Gasteiger partial charge in [-0.25, -0.2) is 18.0 Å². The van der Waals surface area contributed by atoms with Crippen LogP contribution in [0.3, 0.4) is 0 Å². The highest BCUT2D eigenvalue weighted by Crippen LogP contribution is 2.20. The number of benzene rings is 2. The van der Waals surface area contributed by atoms with E-state index in [2.05, 4.69) is 0 Å². The van der Waals surface area contributed by atoms with Gasteiger partial charge < -0.3 is 14.8 Å². The molecule has 0 saturated heterocycles. The van der Waals surface area contributed by atoms with Crippen LogP contribution in [0.4, 0.5) is 18.9 Å². The average Bonchev–Trinajstić information content (AvgIpc) is 2.61. The molecule has 5 nitrogen and oxygen atoms in total. The van der Waals surface area contributed by atoms with Gasteiger partial charge in [0.25, 0.3) is 5.91 Å². The topological polar surface area (TPSA) is 64.6 Å². The van der Waals surface area contributed by atoms with Gasteiger partial charge in [-0.05, 0) is 37.6 Å². The number of hydrogen-bond acceptors (Lipinski definition) is 4. The molecule has 0 bridgehead atoms. The molecule has 0 radical (unpaired) electrons. The number of carbonyl (C=O) groups excluding carboxylic acids is 2. The predicted octanol–water partition coefficient (Wildman–Crippen LogP) is 3.36. The normalized spacial score (nSPS) is 11.6. The van der Waals surface area contributed by atoms with Crippen LogP contribution in [0.25, 0.3) is 0 Å². The molecule has 0 aliphatic carbocycles. The summed E-state index contributed by atoms with van der Waals surface area (Å²) in [6.45, 7) is 2.62. The van der Waals surface area contributed by atoms with Crippen LogP contribution in [0.1, 0.15) is 12.5 Å². The second-order valence-electron chi connectivity index (χ2n) is 5.40. The number of anilines is 1. The Hall–Kier alpha value is -3.03. The Labute approximate surface area is 147 Å². The van der Waals surface area contributed by atoms with Crippen molar-refractivity contribution in [2.75, 3.05) is 11.9 Å². The van der Waals surface area contributed by atoms with E-state index in [-0.39, 0.29) is 0 Å². The molecule has 0 fully saturated rings. The van der Waals surface area contributed by atoms with Gasteiger partial charge in [0.15, 0.2) is 30.2 Å².